The van der Waals surface area contributed by atoms with E-state index in [4.69, 9.17) is 10.5 Å². The number of hydrogen-bond donors (Lipinski definition) is 1. The quantitative estimate of drug-likeness (QED) is 0.836. The Kier molecular flexibility index (Phi) is 4.04. The molecule has 0 saturated heterocycles. The summed E-state index contributed by atoms with van der Waals surface area (Å²) in [5.74, 6) is 0.109. The van der Waals surface area contributed by atoms with Crippen LogP contribution < -0.4 is 5.73 Å². The smallest absolute Gasteiger partial charge is 0.205 e. The van der Waals surface area contributed by atoms with Gasteiger partial charge in [0.1, 0.15) is 17.4 Å². The molecule has 7 heteroatoms. The third kappa shape index (κ3) is 2.55. The minimum Gasteiger partial charge on any atom is -0.444 e. The fourth-order valence-corrected chi connectivity index (χ4v) is 3.99. The molecule has 0 fully saturated rings. The lowest BCUT2D eigenvalue weighted by Crippen LogP contribution is -2.34. The minimum atomic E-state index is -0.542. The van der Waals surface area contributed by atoms with Crippen molar-refractivity contribution >= 4 is 21.7 Å². The number of nitrogens with zero attached hydrogens (tertiary/aromatic N) is 3. The van der Waals surface area contributed by atoms with Crippen molar-refractivity contribution < 1.29 is 9.53 Å². The maximum atomic E-state index is 12.9. The Morgan fingerprint density at radius 3 is 2.88 bits per heavy atom. The summed E-state index contributed by atoms with van der Waals surface area (Å²) in [5.41, 5.74) is 7.39. The van der Waals surface area contributed by atoms with Crippen LogP contribution in [0.15, 0.2) is 33.5 Å². The maximum Gasteiger partial charge on any atom is 0.205 e. The highest BCUT2D eigenvalue weighted by atomic mass is 79.9. The van der Waals surface area contributed by atoms with E-state index in [0.29, 0.717) is 30.7 Å². The summed E-state index contributed by atoms with van der Waals surface area (Å²) in [6.07, 6.45) is 2.71. The van der Waals surface area contributed by atoms with E-state index in [1.54, 1.807) is 10.9 Å². The van der Waals surface area contributed by atoms with Gasteiger partial charge in [0.05, 0.1) is 22.3 Å². The average Bonchev–Trinajstić information content (AvgIpc) is 2.85. The third-order valence-corrected chi connectivity index (χ3v) is 5.09. The predicted octanol–water partition coefficient (Wildman–Crippen LogP) is 3.12. The molecule has 1 aromatic heterocycles. The van der Waals surface area contributed by atoms with Gasteiger partial charge < -0.3 is 10.5 Å². The van der Waals surface area contributed by atoms with Gasteiger partial charge in [-0.05, 0) is 28.3 Å². The van der Waals surface area contributed by atoms with Gasteiger partial charge in [0.25, 0.3) is 0 Å². The van der Waals surface area contributed by atoms with Gasteiger partial charge in [-0.25, -0.2) is 0 Å². The summed E-state index contributed by atoms with van der Waals surface area (Å²) < 4.78 is 8.22. The van der Waals surface area contributed by atoms with E-state index in [0.717, 1.165) is 10.2 Å². The molecule has 0 saturated carbocycles. The number of allylic oxidation sites excluding steroid dienone is 3. The summed E-state index contributed by atoms with van der Waals surface area (Å²) in [6.45, 7) is 6.64. The number of aryl methyl sites for hydroxylation is 1. The Balaban J connectivity index is 2.25. The molecule has 126 valence electrons. The van der Waals surface area contributed by atoms with Gasteiger partial charge >= 0.3 is 0 Å². The zero-order valence-corrected chi connectivity index (χ0v) is 15.5. The summed E-state index contributed by atoms with van der Waals surface area (Å²) in [6, 6.07) is 2.13. The number of Topliss-reactive ketones (excluding diaryl/α,β-unsaturated/α-hetero) is 1. The second-order valence-electron chi connectivity index (χ2n) is 6.90. The van der Waals surface area contributed by atoms with Crippen LogP contribution in [0.1, 0.15) is 45.2 Å². The first-order valence-corrected chi connectivity index (χ1v) is 8.63. The van der Waals surface area contributed by atoms with Crippen LogP contribution >= 0.6 is 15.9 Å². The number of ether oxygens (including phenoxy) is 1. The van der Waals surface area contributed by atoms with Crippen LogP contribution in [0.5, 0.6) is 0 Å². The fraction of sp³-hybridized carbons (Fsp3) is 0.471. The molecular formula is C17H19BrN4O2. The van der Waals surface area contributed by atoms with E-state index in [1.165, 1.54) is 0 Å². The number of nitrogens with two attached hydrogens (primary N) is 1. The second kappa shape index (κ2) is 5.78. The lowest BCUT2D eigenvalue weighted by molar-refractivity contribution is -0.119. The monoisotopic (exact) mass is 390 g/mol. The summed E-state index contributed by atoms with van der Waals surface area (Å²) in [4.78, 5) is 12.9. The van der Waals surface area contributed by atoms with Gasteiger partial charge in [-0.15, -0.1) is 0 Å². The average molecular weight is 391 g/mol. The standard InChI is InChI=1S/C17H19BrN4O2/c1-4-22-15(10(18)8-21-22)13-9(7-19)16(20)24-12-6-17(2,3)5-11(23)14(12)13/h8,13H,4-6,20H2,1-3H3/t13-/m0/s1. The van der Waals surface area contributed by atoms with Crippen LogP contribution in [0.2, 0.25) is 0 Å². The first-order chi connectivity index (χ1) is 11.3. The van der Waals surface area contributed by atoms with Gasteiger partial charge in [0.2, 0.25) is 5.88 Å². The van der Waals surface area contributed by atoms with Crippen LogP contribution in [0.25, 0.3) is 0 Å². The molecule has 2 N–H and O–H groups in total. The number of carbonyl (C=O) groups excluding carboxylic acids is 1. The fourth-order valence-electron chi connectivity index (χ4n) is 3.47. The molecule has 6 nitrogen and oxygen atoms in total. The molecule has 1 aliphatic heterocycles. The zero-order chi connectivity index (χ0) is 17.6. The Morgan fingerprint density at radius 2 is 2.25 bits per heavy atom. The largest absolute Gasteiger partial charge is 0.444 e. The molecule has 2 aliphatic rings. The van der Waals surface area contributed by atoms with Crippen molar-refractivity contribution in [1.82, 2.24) is 9.78 Å². The van der Waals surface area contributed by atoms with Gasteiger partial charge in [0, 0.05) is 25.0 Å². The maximum absolute atomic E-state index is 12.9. The van der Waals surface area contributed by atoms with Gasteiger partial charge in [-0.1, -0.05) is 13.8 Å². The number of ketones is 1. The molecule has 0 bridgehead atoms. The van der Waals surface area contributed by atoms with Crippen molar-refractivity contribution in [2.45, 2.75) is 46.1 Å². The van der Waals surface area contributed by atoms with E-state index in [-0.39, 0.29) is 22.7 Å². The zero-order valence-electron chi connectivity index (χ0n) is 13.9. The highest BCUT2D eigenvalue weighted by molar-refractivity contribution is 9.10. The Morgan fingerprint density at radius 1 is 1.54 bits per heavy atom. The highest BCUT2D eigenvalue weighted by Crippen LogP contribution is 2.48. The molecule has 24 heavy (non-hydrogen) atoms. The predicted molar refractivity (Wildman–Crippen MR) is 91.3 cm³/mol. The topological polar surface area (TPSA) is 93.9 Å². The van der Waals surface area contributed by atoms with Crippen LogP contribution in [0, 0.1) is 16.7 Å². The SMILES string of the molecule is CCn1ncc(Br)c1[C@H]1C(C#N)=C(N)OC2=C1C(=O)CC(C)(C)C2. The number of aromatic nitrogens is 2. The Labute approximate surface area is 149 Å². The number of carbonyl (C=O) groups is 1. The highest BCUT2D eigenvalue weighted by Gasteiger charge is 2.44. The van der Waals surface area contributed by atoms with Crippen molar-refractivity contribution in [3.05, 3.63) is 39.2 Å². The summed E-state index contributed by atoms with van der Waals surface area (Å²) in [7, 11) is 0. The third-order valence-electron chi connectivity index (χ3n) is 4.48. The number of hydrogen-bond acceptors (Lipinski definition) is 5. The molecule has 0 aromatic carbocycles. The van der Waals surface area contributed by atoms with Gasteiger partial charge in [-0.2, -0.15) is 10.4 Å². The lowest BCUT2D eigenvalue weighted by atomic mass is 9.71. The molecule has 3 rings (SSSR count). The summed E-state index contributed by atoms with van der Waals surface area (Å²) in [5, 5.41) is 13.9. The summed E-state index contributed by atoms with van der Waals surface area (Å²) >= 11 is 3.50. The second-order valence-corrected chi connectivity index (χ2v) is 7.75. The van der Waals surface area contributed by atoms with Crippen molar-refractivity contribution in [3.8, 4) is 6.07 Å². The molecule has 1 aliphatic carbocycles. The van der Waals surface area contributed by atoms with Crippen LogP contribution in [0.4, 0.5) is 0 Å². The number of nitriles is 1. The lowest BCUT2D eigenvalue weighted by Gasteiger charge is -2.37. The van der Waals surface area contributed by atoms with Gasteiger partial charge in [-0.3, -0.25) is 9.48 Å². The molecule has 0 radical (unpaired) electrons. The molecular weight excluding hydrogens is 372 g/mol. The molecule has 2 heterocycles. The first kappa shape index (κ1) is 16.8. The molecule has 0 amide bonds. The van der Waals surface area contributed by atoms with E-state index in [9.17, 15) is 10.1 Å². The van der Waals surface area contributed by atoms with E-state index in [1.807, 2.05) is 20.8 Å². The van der Waals surface area contributed by atoms with Crippen molar-refractivity contribution in [2.24, 2.45) is 11.1 Å². The van der Waals surface area contributed by atoms with Crippen LogP contribution in [-0.2, 0) is 16.1 Å². The number of rotatable bonds is 2. The first-order valence-electron chi connectivity index (χ1n) is 7.84. The number of halogens is 1. The molecule has 1 aromatic rings. The Hall–Kier alpha value is -2.07. The van der Waals surface area contributed by atoms with Crippen LogP contribution in [-0.4, -0.2) is 15.6 Å². The van der Waals surface area contributed by atoms with Crippen molar-refractivity contribution in [3.63, 3.8) is 0 Å². The molecule has 1 atom stereocenters. The molecule has 0 spiro atoms. The molecule has 0 unspecified atom stereocenters. The van der Waals surface area contributed by atoms with E-state index in [2.05, 4.69) is 27.1 Å². The van der Waals surface area contributed by atoms with E-state index < -0.39 is 5.92 Å². The minimum absolute atomic E-state index is 0.00209. The normalized spacial score (nSPS) is 23.0. The van der Waals surface area contributed by atoms with Crippen molar-refractivity contribution in [2.75, 3.05) is 0 Å². The van der Waals surface area contributed by atoms with Crippen LogP contribution in [0.3, 0.4) is 0 Å². The Bertz CT molecular complexity index is 826. The van der Waals surface area contributed by atoms with Gasteiger partial charge in [0.15, 0.2) is 5.78 Å². The van der Waals surface area contributed by atoms with E-state index >= 15 is 0 Å². The van der Waals surface area contributed by atoms with Crippen molar-refractivity contribution in [1.29, 1.82) is 5.26 Å².